The van der Waals surface area contributed by atoms with E-state index in [0.717, 1.165) is 0 Å². The minimum atomic E-state index is -5.82. The van der Waals surface area contributed by atoms with Crippen LogP contribution in [0.15, 0.2) is 5.16 Å². The highest BCUT2D eigenvalue weighted by Crippen LogP contribution is 2.50. The lowest BCUT2D eigenvalue weighted by atomic mass is 9.89. The SMILES string of the molecule is CC(C)=NOC(=O)C(C)(C(F)(F)F)C(F)(F)F. The van der Waals surface area contributed by atoms with Gasteiger partial charge in [-0.25, -0.2) is 4.79 Å². The number of nitrogens with zero attached hydrogens (tertiary/aromatic N) is 1. The van der Waals surface area contributed by atoms with Gasteiger partial charge in [0.25, 0.3) is 5.41 Å². The van der Waals surface area contributed by atoms with Crippen LogP contribution in [-0.2, 0) is 9.63 Å². The Morgan fingerprint density at radius 2 is 1.35 bits per heavy atom. The van der Waals surface area contributed by atoms with Crippen molar-refractivity contribution in [1.29, 1.82) is 0 Å². The van der Waals surface area contributed by atoms with Gasteiger partial charge >= 0.3 is 18.3 Å². The number of hydrogen-bond donors (Lipinski definition) is 0. The monoisotopic (exact) mass is 265 g/mol. The molecule has 0 aliphatic rings. The molecule has 3 nitrogen and oxygen atoms in total. The second kappa shape index (κ2) is 4.53. The van der Waals surface area contributed by atoms with Gasteiger partial charge in [0.05, 0.1) is 5.71 Å². The third kappa shape index (κ3) is 3.10. The third-order valence-corrected chi connectivity index (χ3v) is 1.85. The minimum Gasteiger partial charge on any atom is -0.317 e. The zero-order valence-electron chi connectivity index (χ0n) is 9.03. The van der Waals surface area contributed by atoms with E-state index in [2.05, 4.69) is 9.99 Å². The molecule has 0 fully saturated rings. The fraction of sp³-hybridized carbons (Fsp3) is 0.750. The fourth-order valence-electron chi connectivity index (χ4n) is 0.616. The van der Waals surface area contributed by atoms with Gasteiger partial charge in [-0.2, -0.15) is 26.3 Å². The summed E-state index contributed by atoms with van der Waals surface area (Å²) in [5.41, 5.74) is -4.59. The largest absolute Gasteiger partial charge is 0.413 e. The van der Waals surface area contributed by atoms with Crippen LogP contribution in [0.1, 0.15) is 20.8 Å². The smallest absolute Gasteiger partial charge is 0.317 e. The lowest BCUT2D eigenvalue weighted by Crippen LogP contribution is -2.53. The van der Waals surface area contributed by atoms with Crippen LogP contribution in [0.25, 0.3) is 0 Å². The lowest BCUT2D eigenvalue weighted by Gasteiger charge is -2.30. The Labute approximate surface area is 92.4 Å². The van der Waals surface area contributed by atoms with E-state index in [4.69, 9.17) is 0 Å². The molecule has 100 valence electrons. The van der Waals surface area contributed by atoms with Gasteiger partial charge in [0.15, 0.2) is 0 Å². The molecule has 0 aliphatic carbocycles. The van der Waals surface area contributed by atoms with E-state index < -0.39 is 23.7 Å². The number of hydrogen-bond acceptors (Lipinski definition) is 3. The first-order valence-electron chi connectivity index (χ1n) is 4.20. The number of carbonyl (C=O) groups is 1. The number of alkyl halides is 6. The average Bonchev–Trinajstić information content (AvgIpc) is 2.08. The van der Waals surface area contributed by atoms with Crippen molar-refractivity contribution < 1.29 is 36.0 Å². The molecule has 0 amide bonds. The van der Waals surface area contributed by atoms with Gasteiger partial charge < -0.3 is 4.84 Å². The fourth-order valence-corrected chi connectivity index (χ4v) is 0.616. The molecule has 0 aromatic heterocycles. The number of rotatable bonds is 2. The van der Waals surface area contributed by atoms with Crippen LogP contribution >= 0.6 is 0 Å². The second-order valence-electron chi connectivity index (χ2n) is 3.54. The predicted molar refractivity (Wildman–Crippen MR) is 45.1 cm³/mol. The van der Waals surface area contributed by atoms with Crippen molar-refractivity contribution in [3.63, 3.8) is 0 Å². The van der Waals surface area contributed by atoms with Crippen LogP contribution in [0.4, 0.5) is 26.3 Å². The van der Waals surface area contributed by atoms with Crippen LogP contribution in [-0.4, -0.2) is 24.0 Å². The highest BCUT2D eigenvalue weighted by atomic mass is 19.4. The van der Waals surface area contributed by atoms with Crippen molar-refractivity contribution in [3.05, 3.63) is 0 Å². The summed E-state index contributed by atoms with van der Waals surface area (Å²) in [5.74, 6) is -2.52. The first kappa shape index (κ1) is 15.7. The molecule has 0 saturated carbocycles. The molecular formula is C8H9F6NO2. The molecular weight excluding hydrogens is 256 g/mol. The van der Waals surface area contributed by atoms with Gasteiger partial charge in [-0.3, -0.25) is 0 Å². The molecule has 9 heteroatoms. The molecule has 17 heavy (non-hydrogen) atoms. The zero-order valence-corrected chi connectivity index (χ0v) is 9.03. The van der Waals surface area contributed by atoms with E-state index >= 15 is 0 Å². The van der Waals surface area contributed by atoms with Crippen LogP contribution in [0, 0.1) is 5.41 Å². The molecule has 0 aromatic carbocycles. The molecule has 0 unspecified atom stereocenters. The molecule has 0 N–H and O–H groups in total. The summed E-state index contributed by atoms with van der Waals surface area (Å²) in [4.78, 5) is 14.5. The van der Waals surface area contributed by atoms with Crippen molar-refractivity contribution in [1.82, 2.24) is 0 Å². The van der Waals surface area contributed by atoms with Gasteiger partial charge in [-0.05, 0) is 20.8 Å². The van der Waals surface area contributed by atoms with Gasteiger partial charge in [-0.15, -0.1) is 0 Å². The van der Waals surface area contributed by atoms with Crippen LogP contribution in [0.5, 0.6) is 0 Å². The maximum atomic E-state index is 12.3. The molecule has 0 rings (SSSR count). The molecule has 0 atom stereocenters. The molecule has 0 spiro atoms. The zero-order chi connectivity index (χ0) is 14.1. The van der Waals surface area contributed by atoms with Crippen LogP contribution in [0.3, 0.4) is 0 Å². The Bertz CT molecular complexity index is 312. The summed E-state index contributed by atoms with van der Waals surface area (Å²) in [7, 11) is 0. The van der Waals surface area contributed by atoms with Gasteiger partial charge in [0.2, 0.25) is 0 Å². The summed E-state index contributed by atoms with van der Waals surface area (Å²) in [5, 5.41) is 2.78. The molecule has 0 aliphatic heterocycles. The van der Waals surface area contributed by atoms with Crippen molar-refractivity contribution in [2.45, 2.75) is 33.1 Å². The lowest BCUT2D eigenvalue weighted by molar-refractivity contribution is -0.326. The Hall–Kier alpha value is -1.28. The normalized spacial score (nSPS) is 13.2. The molecule has 0 bridgehead atoms. The van der Waals surface area contributed by atoms with E-state index in [1.54, 1.807) is 0 Å². The standard InChI is InChI=1S/C8H9F6NO2/c1-4(2)15-17-5(16)6(3,7(9,10)11)8(12,13)14/h1-3H3. The van der Waals surface area contributed by atoms with E-state index in [-0.39, 0.29) is 12.6 Å². The van der Waals surface area contributed by atoms with Gasteiger partial charge in [0.1, 0.15) is 0 Å². The molecule has 0 heterocycles. The van der Waals surface area contributed by atoms with Crippen molar-refractivity contribution >= 4 is 11.7 Å². The van der Waals surface area contributed by atoms with Crippen LogP contribution in [0.2, 0.25) is 0 Å². The number of carbonyl (C=O) groups excluding carboxylic acids is 1. The third-order valence-electron chi connectivity index (χ3n) is 1.85. The second-order valence-corrected chi connectivity index (χ2v) is 3.54. The summed E-state index contributed by atoms with van der Waals surface area (Å²) < 4.78 is 73.8. The number of halogens is 6. The van der Waals surface area contributed by atoms with E-state index in [9.17, 15) is 31.1 Å². The summed E-state index contributed by atoms with van der Waals surface area (Å²) in [6, 6.07) is 0. The Balaban J connectivity index is 5.38. The molecule has 0 radical (unpaired) electrons. The first-order valence-corrected chi connectivity index (χ1v) is 4.20. The quantitative estimate of drug-likeness (QED) is 0.333. The van der Waals surface area contributed by atoms with Gasteiger partial charge in [0, 0.05) is 0 Å². The summed E-state index contributed by atoms with van der Waals surface area (Å²) in [6.45, 7) is 2.19. The Morgan fingerprint density at radius 1 is 1.00 bits per heavy atom. The minimum absolute atomic E-state index is 0.00467. The van der Waals surface area contributed by atoms with Gasteiger partial charge in [-0.1, -0.05) is 5.16 Å². The molecule has 0 aromatic rings. The topological polar surface area (TPSA) is 38.7 Å². The highest BCUT2D eigenvalue weighted by molar-refractivity contribution is 5.82. The predicted octanol–water partition coefficient (Wildman–Crippen LogP) is 3.06. The Kier molecular flexibility index (Phi) is 4.19. The van der Waals surface area contributed by atoms with Crippen molar-refractivity contribution in [3.8, 4) is 0 Å². The summed E-state index contributed by atoms with van der Waals surface area (Å²) >= 11 is 0. The highest BCUT2D eigenvalue weighted by Gasteiger charge is 2.74. The van der Waals surface area contributed by atoms with E-state index in [0.29, 0.717) is 0 Å². The van der Waals surface area contributed by atoms with E-state index in [1.807, 2.05) is 0 Å². The van der Waals surface area contributed by atoms with Crippen molar-refractivity contribution in [2.24, 2.45) is 10.6 Å². The Morgan fingerprint density at radius 3 is 1.59 bits per heavy atom. The van der Waals surface area contributed by atoms with E-state index in [1.165, 1.54) is 13.8 Å². The maximum Gasteiger partial charge on any atom is 0.413 e. The maximum absolute atomic E-state index is 12.3. The van der Waals surface area contributed by atoms with Crippen LogP contribution < -0.4 is 0 Å². The van der Waals surface area contributed by atoms with Crippen molar-refractivity contribution in [2.75, 3.05) is 0 Å². The molecule has 0 saturated heterocycles. The summed E-state index contributed by atoms with van der Waals surface area (Å²) in [6.07, 6.45) is -11.6. The first-order chi connectivity index (χ1) is 7.34. The number of oxime groups is 1. The average molecular weight is 265 g/mol.